The molecule has 0 amide bonds. The third-order valence-electron chi connectivity index (χ3n) is 5.95. The van der Waals surface area contributed by atoms with Crippen LogP contribution in [0.4, 0.5) is 0 Å². The van der Waals surface area contributed by atoms with Crippen LogP contribution >= 0.6 is 35.2 Å². The van der Waals surface area contributed by atoms with Crippen molar-refractivity contribution in [1.29, 1.82) is 0 Å². The summed E-state index contributed by atoms with van der Waals surface area (Å²) in [6.07, 6.45) is 0. The van der Waals surface area contributed by atoms with E-state index in [4.69, 9.17) is 0 Å². The van der Waals surface area contributed by atoms with Crippen molar-refractivity contribution in [1.82, 2.24) is 0 Å². The van der Waals surface area contributed by atoms with E-state index >= 15 is 0 Å². The molecule has 0 N–H and O–H groups in total. The predicted octanol–water partition coefficient (Wildman–Crippen LogP) is 10.9. The Morgan fingerprint density at radius 2 is 0.615 bits per heavy atom. The molecule has 0 bridgehead atoms. The normalized spacial score (nSPS) is 28.7. The van der Waals surface area contributed by atoms with Crippen molar-refractivity contribution in [2.45, 2.75) is 137 Å². The second-order valence-electron chi connectivity index (χ2n) is 10.0. The molecule has 2 unspecified atom stereocenters. The van der Waals surface area contributed by atoms with Crippen LogP contribution in [0.5, 0.6) is 0 Å². The van der Waals surface area contributed by atoms with E-state index in [2.05, 4.69) is 96.9 Å². The zero-order chi connectivity index (χ0) is 20.8. The van der Waals surface area contributed by atoms with Gasteiger partial charge in [0.15, 0.2) is 0 Å². The minimum atomic E-state index is -0.955. The lowest BCUT2D eigenvalue weighted by atomic mass is 10.5. The minimum absolute atomic E-state index is 0.179. The monoisotopic (exact) mass is 456 g/mol. The molecule has 0 aromatic rings. The van der Waals surface area contributed by atoms with Gasteiger partial charge in [0.05, 0.1) is 22.6 Å². The van der Waals surface area contributed by atoms with Gasteiger partial charge < -0.3 is 0 Å². The van der Waals surface area contributed by atoms with Crippen molar-refractivity contribution in [2.24, 2.45) is 0 Å². The first-order valence-corrected chi connectivity index (χ1v) is 22.5. The summed E-state index contributed by atoms with van der Waals surface area (Å²) >= 11 is 0. The number of hydrogen-bond donors (Lipinski definition) is 0. The van der Waals surface area contributed by atoms with Crippen LogP contribution < -0.4 is 0 Å². The summed E-state index contributed by atoms with van der Waals surface area (Å²) in [6.45, 7) is 35.1. The molecule has 156 valence electrons. The van der Waals surface area contributed by atoms with Gasteiger partial charge in [-0.15, -0.1) is 0 Å². The first kappa shape index (κ1) is 26.2. The molecule has 5 heteroatoms. The summed E-state index contributed by atoms with van der Waals surface area (Å²) in [5.41, 5.74) is 6.54. The molecule has 0 aromatic carbocycles. The van der Waals surface area contributed by atoms with Crippen LogP contribution in [-0.2, 0) is 0 Å². The average molecular weight is 456 g/mol. The van der Waals surface area contributed by atoms with E-state index < -0.39 is 13.3 Å². The highest BCUT2D eigenvalue weighted by Crippen LogP contribution is 3.36. The third kappa shape index (κ3) is 3.78. The second-order valence-corrected chi connectivity index (χ2v) is 42.4. The van der Waals surface area contributed by atoms with Crippen molar-refractivity contribution in [3.63, 3.8) is 0 Å². The first-order chi connectivity index (χ1) is 11.7. The summed E-state index contributed by atoms with van der Waals surface area (Å²) in [5, 5.41) is 0. The molecule has 26 heavy (non-hydrogen) atoms. The Bertz CT molecular complexity index is 399. The van der Waals surface area contributed by atoms with Gasteiger partial charge in [0.1, 0.15) is 27.9 Å². The van der Waals surface area contributed by atoms with Crippen LogP contribution in [0.3, 0.4) is 0 Å². The van der Waals surface area contributed by atoms with Gasteiger partial charge in [0, 0.05) is 17.0 Å². The molecular formula is C21H49P5+2. The van der Waals surface area contributed by atoms with Gasteiger partial charge >= 0.3 is 0 Å². The molecular weight excluding hydrogens is 407 g/mol. The van der Waals surface area contributed by atoms with E-state index in [-0.39, 0.29) is 21.9 Å². The topological polar surface area (TPSA) is 0 Å². The van der Waals surface area contributed by atoms with Crippen LogP contribution in [0.15, 0.2) is 0 Å². The summed E-state index contributed by atoms with van der Waals surface area (Å²) in [5.74, 6) is 0. The Balaban J connectivity index is 4.07. The van der Waals surface area contributed by atoms with Gasteiger partial charge in [-0.25, -0.2) is 0 Å². The van der Waals surface area contributed by atoms with Crippen molar-refractivity contribution < 1.29 is 0 Å². The fraction of sp³-hybridized carbons (Fsp3) is 1.00. The molecule has 2 atom stereocenters. The molecule has 1 saturated heterocycles. The van der Waals surface area contributed by atoms with Crippen LogP contribution in [0.2, 0.25) is 0 Å². The smallest absolute Gasteiger partial charge is 0.0550 e. The fourth-order valence-electron chi connectivity index (χ4n) is 5.75. The lowest BCUT2D eigenvalue weighted by Gasteiger charge is -2.42. The minimum Gasteiger partial charge on any atom is -0.0550 e. The summed E-state index contributed by atoms with van der Waals surface area (Å²) in [4.78, 5) is 0. The van der Waals surface area contributed by atoms with Crippen molar-refractivity contribution in [3.8, 4) is 0 Å². The van der Waals surface area contributed by atoms with E-state index in [1.165, 1.54) is 0 Å². The first-order valence-electron chi connectivity index (χ1n) is 10.9. The molecule has 1 fully saturated rings. The van der Waals surface area contributed by atoms with Crippen molar-refractivity contribution in [2.75, 3.05) is 0 Å². The van der Waals surface area contributed by atoms with Crippen LogP contribution in [0.25, 0.3) is 0 Å². The maximum absolute atomic E-state index is 2.65. The molecule has 1 aliphatic heterocycles. The quantitative estimate of drug-likeness (QED) is 0.334. The highest BCUT2D eigenvalue weighted by Gasteiger charge is 2.84. The van der Waals surface area contributed by atoms with Gasteiger partial charge in [-0.2, -0.15) is 0 Å². The standard InChI is InChI=1S/C21H49P5/c1-15(2)22-23(16(3)4)26(20(11)12,21(13)14)24(17(5)6)25(22,18(7)8)19(9)10/h15-21H,1-14H3/q+2. The highest BCUT2D eigenvalue weighted by atomic mass is 33.0. The summed E-state index contributed by atoms with van der Waals surface area (Å²) in [7, 11) is 0.571. The Morgan fingerprint density at radius 3 is 0.731 bits per heavy atom. The largest absolute Gasteiger partial charge is 0.218 e. The molecule has 0 nitrogen and oxygen atoms in total. The van der Waals surface area contributed by atoms with Crippen LogP contribution in [0.1, 0.15) is 96.9 Å². The van der Waals surface area contributed by atoms with E-state index in [9.17, 15) is 0 Å². The fourth-order valence-corrected chi connectivity index (χ4v) is 120. The highest BCUT2D eigenvalue weighted by molar-refractivity contribution is 9.16. The van der Waals surface area contributed by atoms with Crippen LogP contribution in [0, 0.1) is 0 Å². The number of rotatable bonds is 7. The predicted molar refractivity (Wildman–Crippen MR) is 141 cm³/mol. The second kappa shape index (κ2) is 9.52. The van der Waals surface area contributed by atoms with Gasteiger partial charge in [0.25, 0.3) is 0 Å². The van der Waals surface area contributed by atoms with E-state index in [0.717, 1.165) is 39.6 Å². The number of hydrogen-bond acceptors (Lipinski definition) is 0. The Morgan fingerprint density at radius 1 is 0.385 bits per heavy atom. The molecule has 1 rings (SSSR count). The van der Waals surface area contributed by atoms with Gasteiger partial charge in [-0.05, 0) is 55.4 Å². The van der Waals surface area contributed by atoms with E-state index in [1.54, 1.807) is 0 Å². The zero-order valence-electron chi connectivity index (χ0n) is 20.3. The Labute approximate surface area is 171 Å². The van der Waals surface area contributed by atoms with Crippen LogP contribution in [-0.4, -0.2) is 39.6 Å². The van der Waals surface area contributed by atoms with E-state index in [0.29, 0.717) is 0 Å². The summed E-state index contributed by atoms with van der Waals surface area (Å²) < 4.78 is 0. The molecule has 0 aromatic heterocycles. The van der Waals surface area contributed by atoms with Gasteiger partial charge in [-0.3, -0.25) is 0 Å². The van der Waals surface area contributed by atoms with E-state index in [1.807, 2.05) is 0 Å². The van der Waals surface area contributed by atoms with Gasteiger partial charge in [-0.1, -0.05) is 41.5 Å². The third-order valence-corrected chi connectivity index (χ3v) is 73.8. The summed E-state index contributed by atoms with van der Waals surface area (Å²) in [6, 6.07) is 0. The molecule has 0 radical (unpaired) electrons. The molecule has 0 saturated carbocycles. The maximum atomic E-state index is 2.65. The van der Waals surface area contributed by atoms with Crippen molar-refractivity contribution in [3.05, 3.63) is 0 Å². The maximum Gasteiger partial charge on any atom is 0.218 e. The van der Waals surface area contributed by atoms with Crippen molar-refractivity contribution >= 4 is 35.2 Å². The molecule has 0 aliphatic carbocycles. The van der Waals surface area contributed by atoms with Gasteiger partial charge in [0.2, 0.25) is 7.30 Å². The SMILES string of the molecule is CC(C)P1P(C(C)C)[P+](C(C)C)(C(C)C)P(C(C)C)[P+]1(C(C)C)C(C)C. The molecule has 0 spiro atoms. The Kier molecular flexibility index (Phi) is 9.59. The molecule has 1 heterocycles. The average Bonchev–Trinajstić information content (AvgIpc) is 2.77. The molecule has 1 aliphatic rings. The Hall–Kier alpha value is 2.15. The lowest BCUT2D eigenvalue weighted by molar-refractivity contribution is 1.01. The zero-order valence-corrected chi connectivity index (χ0v) is 24.7. The lowest BCUT2D eigenvalue weighted by Crippen LogP contribution is -2.18.